The van der Waals surface area contributed by atoms with Crippen molar-refractivity contribution >= 4 is 47.6 Å². The highest BCUT2D eigenvalue weighted by atomic mass is 79.9. The Balaban J connectivity index is 0.000000228. The van der Waals surface area contributed by atoms with E-state index in [0.717, 1.165) is 15.6 Å². The zero-order valence-corrected chi connectivity index (χ0v) is 32.4. The third kappa shape index (κ3) is 11.9. The van der Waals surface area contributed by atoms with Gasteiger partial charge in [0.1, 0.15) is 28.5 Å². The Hall–Kier alpha value is -2.76. The maximum atomic E-state index is 13.3. The fourth-order valence-corrected chi connectivity index (χ4v) is 7.02. The van der Waals surface area contributed by atoms with Crippen LogP contribution in [-0.2, 0) is 66.5 Å². The number of thioether (sulfide) groups is 1. The highest BCUT2D eigenvalue weighted by Crippen LogP contribution is 2.40. The van der Waals surface area contributed by atoms with Crippen molar-refractivity contribution in [2.24, 2.45) is 24.4 Å². The molecule has 14 nitrogen and oxygen atoms in total. The Morgan fingerprint density at radius 2 is 1.25 bits per heavy atom. The molecule has 6 heterocycles. The van der Waals surface area contributed by atoms with Gasteiger partial charge in [0.2, 0.25) is 11.8 Å². The Bertz CT molecular complexity index is 1750. The Kier molecular flexibility index (Phi) is 14.3. The van der Waals surface area contributed by atoms with Gasteiger partial charge in [0.05, 0.1) is 37.6 Å². The van der Waals surface area contributed by atoms with Crippen LogP contribution in [-0.4, -0.2) is 94.2 Å². The lowest BCUT2D eigenvalue weighted by molar-refractivity contribution is -0.142. The van der Waals surface area contributed by atoms with Crippen LogP contribution in [0.25, 0.3) is 0 Å². The van der Waals surface area contributed by atoms with Gasteiger partial charge in [0.25, 0.3) is 0 Å². The molecule has 2 aromatic rings. The van der Waals surface area contributed by atoms with Crippen LogP contribution < -0.4 is 9.47 Å². The van der Waals surface area contributed by atoms with E-state index >= 15 is 0 Å². The molecule has 0 aliphatic carbocycles. The van der Waals surface area contributed by atoms with Gasteiger partial charge in [-0.15, -0.1) is 11.8 Å². The van der Waals surface area contributed by atoms with Crippen molar-refractivity contribution in [3.63, 3.8) is 0 Å². The molecular formula is C30H43BrF6N6O8S2. The molecular weight excluding hydrogens is 830 g/mol. The average Bonchev–Trinajstić information content (AvgIpc) is 3.70. The Labute approximate surface area is 315 Å². The average molecular weight is 874 g/mol. The van der Waals surface area contributed by atoms with E-state index in [2.05, 4.69) is 36.4 Å². The number of halogens is 7. The van der Waals surface area contributed by atoms with Crippen LogP contribution in [0.3, 0.4) is 0 Å². The molecule has 0 unspecified atom stereocenters. The minimum Gasteiger partial charge on any atom is -0.469 e. The number of alkyl halides is 7. The molecule has 2 saturated heterocycles. The molecule has 0 radical (unpaired) electrons. The predicted molar refractivity (Wildman–Crippen MR) is 187 cm³/mol. The predicted octanol–water partition coefficient (Wildman–Crippen LogP) is 6.25. The van der Waals surface area contributed by atoms with Crippen LogP contribution in [0.1, 0.15) is 70.5 Å². The topological polar surface area (TPSA) is 150 Å². The summed E-state index contributed by atoms with van der Waals surface area (Å²) in [7, 11) is -0.280. The summed E-state index contributed by atoms with van der Waals surface area (Å²) in [6.45, 7) is 8.88. The van der Waals surface area contributed by atoms with E-state index in [4.69, 9.17) is 28.6 Å². The molecule has 2 fully saturated rings. The summed E-state index contributed by atoms with van der Waals surface area (Å²) in [5, 5.41) is 15.3. The van der Waals surface area contributed by atoms with Crippen molar-refractivity contribution in [1.82, 2.24) is 19.6 Å². The zero-order chi connectivity index (χ0) is 38.9. The first-order valence-electron chi connectivity index (χ1n) is 15.5. The maximum absolute atomic E-state index is 13.3. The van der Waals surface area contributed by atoms with Gasteiger partial charge in [-0.2, -0.15) is 36.5 Å². The molecule has 6 rings (SSSR count). The fourth-order valence-electron chi connectivity index (χ4n) is 4.62. The molecule has 0 spiro atoms. The molecule has 302 valence electrons. The summed E-state index contributed by atoms with van der Waals surface area (Å²) < 4.78 is 123. The van der Waals surface area contributed by atoms with Gasteiger partial charge in [-0.05, 0) is 27.7 Å². The van der Waals surface area contributed by atoms with Crippen LogP contribution in [0.2, 0.25) is 0 Å². The molecule has 0 saturated carbocycles. The minimum atomic E-state index is -4.54. The number of hydrogen-bond donors (Lipinski definition) is 0. The van der Waals surface area contributed by atoms with E-state index in [0.29, 0.717) is 44.3 Å². The Morgan fingerprint density at radius 1 is 0.811 bits per heavy atom. The van der Waals surface area contributed by atoms with E-state index in [1.165, 1.54) is 25.9 Å². The van der Waals surface area contributed by atoms with Crippen molar-refractivity contribution in [1.29, 1.82) is 0 Å². The number of sulfone groups is 1. The molecule has 4 aliphatic rings. The summed E-state index contributed by atoms with van der Waals surface area (Å²) in [6, 6.07) is 0. The highest BCUT2D eigenvalue weighted by molar-refractivity contribution is 9.08. The molecule has 0 N–H and O–H groups in total. The van der Waals surface area contributed by atoms with Crippen LogP contribution in [0.4, 0.5) is 26.3 Å². The van der Waals surface area contributed by atoms with Gasteiger partial charge < -0.3 is 28.6 Å². The minimum absolute atomic E-state index is 0. The Morgan fingerprint density at radius 3 is 1.57 bits per heavy atom. The fraction of sp³-hybridized carbons (Fsp3) is 0.733. The van der Waals surface area contributed by atoms with Gasteiger partial charge in [-0.1, -0.05) is 33.7 Å². The summed E-state index contributed by atoms with van der Waals surface area (Å²) in [4.78, 5) is 10.1. The van der Waals surface area contributed by atoms with Gasteiger partial charge in [0, 0.05) is 44.3 Å². The number of aromatic nitrogens is 4. The van der Waals surface area contributed by atoms with E-state index in [1.807, 2.05) is 13.8 Å². The van der Waals surface area contributed by atoms with Crippen LogP contribution in [0, 0.1) is 0 Å². The number of rotatable bonds is 7. The van der Waals surface area contributed by atoms with Gasteiger partial charge in [0.15, 0.2) is 26.3 Å². The quantitative estimate of drug-likeness (QED) is 0.230. The molecule has 4 aliphatic heterocycles. The number of aryl methyl sites for hydroxylation is 2. The first-order chi connectivity index (χ1) is 23.9. The number of hydrogen-bond acceptors (Lipinski definition) is 13. The first kappa shape index (κ1) is 44.6. The zero-order valence-electron chi connectivity index (χ0n) is 29.2. The van der Waals surface area contributed by atoms with Crippen molar-refractivity contribution in [3.8, 4) is 11.8 Å². The normalized spacial score (nSPS) is 19.4. The second-order valence-electron chi connectivity index (χ2n) is 13.3. The smallest absolute Gasteiger partial charge is 0.435 e. The second kappa shape index (κ2) is 16.9. The monoisotopic (exact) mass is 872 g/mol. The van der Waals surface area contributed by atoms with Crippen molar-refractivity contribution in [3.05, 3.63) is 22.5 Å². The van der Waals surface area contributed by atoms with Crippen LogP contribution in [0.5, 0.6) is 11.8 Å². The largest absolute Gasteiger partial charge is 0.469 e. The van der Waals surface area contributed by atoms with Crippen LogP contribution in [0.15, 0.2) is 10.3 Å². The van der Waals surface area contributed by atoms with E-state index in [9.17, 15) is 34.8 Å². The van der Waals surface area contributed by atoms with Gasteiger partial charge >= 0.3 is 12.4 Å². The summed E-state index contributed by atoms with van der Waals surface area (Å²) >= 11 is 4.24. The maximum Gasteiger partial charge on any atom is 0.435 e. The van der Waals surface area contributed by atoms with Crippen molar-refractivity contribution in [2.45, 2.75) is 94.8 Å². The molecule has 0 bridgehead atoms. The molecule has 23 heteroatoms. The lowest BCUT2D eigenvalue weighted by atomic mass is 10.1. The van der Waals surface area contributed by atoms with Crippen LogP contribution >= 0.6 is 27.7 Å². The third-order valence-electron chi connectivity index (χ3n) is 7.37. The van der Waals surface area contributed by atoms with E-state index < -0.39 is 44.8 Å². The van der Waals surface area contributed by atoms with Crippen molar-refractivity contribution < 1.29 is 63.4 Å². The number of nitrogens with zero attached hydrogens (tertiary/aromatic N) is 6. The third-order valence-corrected chi connectivity index (χ3v) is 9.99. The van der Waals surface area contributed by atoms with E-state index in [1.54, 1.807) is 13.8 Å². The second-order valence-corrected chi connectivity index (χ2v) is 16.9. The first-order valence-corrected chi connectivity index (χ1v) is 19.5. The molecule has 53 heavy (non-hydrogen) atoms. The van der Waals surface area contributed by atoms with Crippen molar-refractivity contribution in [2.75, 3.05) is 32.7 Å². The molecule has 2 aromatic heterocycles. The molecule has 0 atom stereocenters. The number of ether oxygens (including phenoxy) is 4. The van der Waals surface area contributed by atoms with Gasteiger partial charge in [-0.25, -0.2) is 17.8 Å². The standard InChI is InChI=1S/C14H18F3N3O3S.C9H10BrF3N2O2.C6H11NO3S.CH4/c1-13(2)4-10(19-23-13)24-7-9-11(14(15,16)17)18-20(3)12(9)22-8-5-21-6-8;1-15-8(17-5-3-16-4-5)6(2-10)7(14-15)9(11,12)13;1-6(2)4-5(7-10-6)11(3,8)9;/h8H,4-7H2,1-3H3;5H,2-4H2,1H3;4H2,1-3H3;1H4. The summed E-state index contributed by atoms with van der Waals surface area (Å²) in [6.07, 6.45) is -7.38. The van der Waals surface area contributed by atoms with E-state index in [-0.39, 0.29) is 58.6 Å². The summed E-state index contributed by atoms with van der Waals surface area (Å²) in [5.41, 5.74) is -2.68. The lowest BCUT2D eigenvalue weighted by Gasteiger charge is -2.27. The highest BCUT2D eigenvalue weighted by Gasteiger charge is 2.42. The summed E-state index contributed by atoms with van der Waals surface area (Å²) in [5.74, 6) is 0.327. The lowest BCUT2D eigenvalue weighted by Crippen LogP contribution is -2.39. The number of oxime groups is 2. The van der Waals surface area contributed by atoms with Gasteiger partial charge in [-0.3, -0.25) is 0 Å². The molecule has 0 aromatic carbocycles. The molecule has 0 amide bonds. The SMILES string of the molecule is C.CC1(C)CC(S(C)(=O)=O)=NO1.Cn1nc(C(F)(F)F)c(CBr)c1OC1COC1.Cn1nc(C(F)(F)F)c(CSC2=NOC(C)(C)C2)c1OC1COC1.